The average Bonchev–Trinajstić information content (AvgIpc) is 2.37. The summed E-state index contributed by atoms with van der Waals surface area (Å²) < 4.78 is 7.54. The number of ether oxygens (including phenoxy) is 2. The molecule has 0 bridgehead atoms. The van der Waals surface area contributed by atoms with Gasteiger partial charge in [0, 0.05) is 0 Å². The highest BCUT2D eigenvalue weighted by Crippen LogP contribution is 2.31. The van der Waals surface area contributed by atoms with E-state index in [9.17, 15) is 20.4 Å². The van der Waals surface area contributed by atoms with E-state index in [1.807, 2.05) is 0 Å². The quantitative estimate of drug-likeness (QED) is 0.206. The molecule has 0 radical (unpaired) electrons. The van der Waals surface area contributed by atoms with Gasteiger partial charge in [0.05, 0.1) is 6.61 Å². The van der Waals surface area contributed by atoms with Gasteiger partial charge >= 0.3 is 0 Å². The summed E-state index contributed by atoms with van der Waals surface area (Å²) in [5, 5.41) is 54.5. The van der Waals surface area contributed by atoms with Gasteiger partial charge in [0.2, 0.25) is 12.2 Å². The molecule has 1 saturated heterocycles. The third-order valence-electron chi connectivity index (χ3n) is 2.66. The summed E-state index contributed by atoms with van der Waals surface area (Å²) in [6.45, 7) is -0.765. The number of aliphatic hydroxyl groups excluding tert-OH is 5. The lowest BCUT2D eigenvalue weighted by atomic mass is 9.95. The molecule has 0 saturated carbocycles. The Balaban J connectivity index is 2.83. The zero-order valence-corrected chi connectivity index (χ0v) is 12.1. The Kier molecular flexibility index (Phi) is 6.27. The minimum Gasteiger partial charge on any atom is -0.445 e. The maximum atomic E-state index is 9.66. The summed E-state index contributed by atoms with van der Waals surface area (Å²) >= 11 is 16.2. The zero-order valence-electron chi connectivity index (χ0n) is 9.86. The van der Waals surface area contributed by atoms with Crippen molar-refractivity contribution in [2.24, 2.45) is 0 Å². The number of hydrogen-bond donors (Lipinski definition) is 6. The van der Waals surface area contributed by atoms with Crippen LogP contribution >= 0.6 is 34.8 Å². The van der Waals surface area contributed by atoms with Gasteiger partial charge in [-0.1, -0.05) is 34.8 Å². The maximum absolute atomic E-state index is 9.66. The molecule has 20 heavy (non-hydrogen) atoms. The van der Waals surface area contributed by atoms with Crippen LogP contribution in [0.3, 0.4) is 0 Å². The SMILES string of the molecule is N=C(OC1O[C@H]([C@@H](O)CO)[C@@H](O)[C@H](O)[C@@H]1O)C(Cl)(Cl)Cl. The molecule has 118 valence electrons. The number of rotatable bonds is 3. The largest absolute Gasteiger partial charge is 0.445 e. The number of aliphatic hydroxyl groups is 5. The summed E-state index contributed by atoms with van der Waals surface area (Å²) in [6.07, 6.45) is -9.83. The van der Waals surface area contributed by atoms with Crippen molar-refractivity contribution in [1.82, 2.24) is 0 Å². The lowest BCUT2D eigenvalue weighted by molar-refractivity contribution is -0.294. The van der Waals surface area contributed by atoms with E-state index in [2.05, 4.69) is 0 Å². The normalized spacial score (nSPS) is 36.5. The fourth-order valence-electron chi connectivity index (χ4n) is 1.58. The van der Waals surface area contributed by atoms with Crippen molar-refractivity contribution >= 4 is 40.7 Å². The molecule has 1 aliphatic heterocycles. The molecule has 1 fully saturated rings. The molecule has 6 atom stereocenters. The predicted octanol–water partition coefficient (Wildman–Crippen LogP) is -1.49. The molecular formula is C9H14Cl3NO7. The molecule has 1 aliphatic rings. The summed E-state index contributed by atoms with van der Waals surface area (Å²) in [4.78, 5) is 0. The van der Waals surface area contributed by atoms with Gasteiger partial charge in [0.1, 0.15) is 30.5 Å². The van der Waals surface area contributed by atoms with E-state index in [0.29, 0.717) is 0 Å². The maximum Gasteiger partial charge on any atom is 0.265 e. The molecule has 11 heteroatoms. The van der Waals surface area contributed by atoms with Crippen LogP contribution in [0.2, 0.25) is 0 Å². The Labute approximate surface area is 128 Å². The van der Waals surface area contributed by atoms with Gasteiger partial charge in [-0.15, -0.1) is 0 Å². The number of hydrogen-bond acceptors (Lipinski definition) is 8. The van der Waals surface area contributed by atoms with Crippen LogP contribution < -0.4 is 0 Å². The molecule has 1 unspecified atom stereocenters. The highest BCUT2D eigenvalue weighted by Gasteiger charge is 2.48. The summed E-state index contributed by atoms with van der Waals surface area (Å²) in [5.41, 5.74) is 0. The number of alkyl halides is 3. The molecular weight excluding hydrogens is 340 g/mol. The first-order valence-electron chi connectivity index (χ1n) is 5.40. The highest BCUT2D eigenvalue weighted by atomic mass is 35.6. The molecule has 1 heterocycles. The van der Waals surface area contributed by atoms with E-state index >= 15 is 0 Å². The van der Waals surface area contributed by atoms with Crippen molar-refractivity contribution < 1.29 is 35.0 Å². The number of halogens is 3. The lowest BCUT2D eigenvalue weighted by Crippen LogP contribution is -2.62. The van der Waals surface area contributed by atoms with Crippen LogP contribution in [0.4, 0.5) is 0 Å². The van der Waals surface area contributed by atoms with Gasteiger partial charge in [-0.3, -0.25) is 5.41 Å². The Morgan fingerprint density at radius 2 is 1.75 bits per heavy atom. The molecule has 6 N–H and O–H groups in total. The topological polar surface area (TPSA) is 143 Å². The molecule has 0 aromatic rings. The first-order chi connectivity index (χ1) is 9.09. The molecule has 0 amide bonds. The Morgan fingerprint density at radius 1 is 1.20 bits per heavy atom. The van der Waals surface area contributed by atoms with Crippen LogP contribution in [0.25, 0.3) is 0 Å². The smallest absolute Gasteiger partial charge is 0.265 e. The number of nitrogens with one attached hydrogen (secondary N) is 1. The standard InChI is InChI=1S/C9H14Cl3NO7/c10-9(11,12)8(13)20-7-5(18)3(16)4(17)6(19-7)2(15)1-14/h2-7,13-18H,1H2/t2-,3-,4-,5-,6+,7?/m0/s1. The fraction of sp³-hybridized carbons (Fsp3) is 0.889. The second-order valence-corrected chi connectivity index (χ2v) is 6.42. The van der Waals surface area contributed by atoms with Crippen molar-refractivity contribution in [2.45, 2.75) is 40.6 Å². The van der Waals surface area contributed by atoms with Gasteiger partial charge in [-0.05, 0) is 0 Å². The van der Waals surface area contributed by atoms with Gasteiger partial charge in [-0.25, -0.2) is 0 Å². The van der Waals surface area contributed by atoms with Gasteiger partial charge in [-0.2, -0.15) is 0 Å². The molecule has 8 nitrogen and oxygen atoms in total. The van der Waals surface area contributed by atoms with Crippen LogP contribution in [0.1, 0.15) is 0 Å². The van der Waals surface area contributed by atoms with E-state index in [4.69, 9.17) is 54.8 Å². The Bertz CT molecular complexity index is 353. The molecule has 0 aromatic carbocycles. The van der Waals surface area contributed by atoms with E-state index in [1.165, 1.54) is 0 Å². The minimum atomic E-state index is -2.21. The van der Waals surface area contributed by atoms with Crippen molar-refractivity contribution in [3.05, 3.63) is 0 Å². The highest BCUT2D eigenvalue weighted by molar-refractivity contribution is 6.76. The van der Waals surface area contributed by atoms with E-state index < -0.39 is 53.1 Å². The van der Waals surface area contributed by atoms with Gasteiger partial charge in [0.15, 0.2) is 0 Å². The molecule has 0 aromatic heterocycles. The van der Waals surface area contributed by atoms with E-state index in [1.54, 1.807) is 0 Å². The monoisotopic (exact) mass is 353 g/mol. The van der Waals surface area contributed by atoms with Gasteiger partial charge in [0.25, 0.3) is 3.79 Å². The second kappa shape index (κ2) is 6.91. The van der Waals surface area contributed by atoms with Crippen LogP contribution in [0.15, 0.2) is 0 Å². The zero-order chi connectivity index (χ0) is 15.7. The fourth-order valence-corrected chi connectivity index (χ4v) is 1.71. The minimum absolute atomic E-state index is 0.765. The molecule has 1 rings (SSSR count). The second-order valence-electron chi connectivity index (χ2n) is 4.14. The molecule has 0 aliphatic carbocycles. The Hall–Kier alpha value is 0.1000. The van der Waals surface area contributed by atoms with Crippen LogP contribution in [0, 0.1) is 5.41 Å². The first-order valence-corrected chi connectivity index (χ1v) is 6.54. The predicted molar refractivity (Wildman–Crippen MR) is 68.9 cm³/mol. The molecule has 0 spiro atoms. The third kappa shape index (κ3) is 4.06. The van der Waals surface area contributed by atoms with Crippen molar-refractivity contribution in [1.29, 1.82) is 5.41 Å². The Morgan fingerprint density at radius 3 is 2.20 bits per heavy atom. The lowest BCUT2D eigenvalue weighted by Gasteiger charge is -2.41. The van der Waals surface area contributed by atoms with E-state index in [-0.39, 0.29) is 0 Å². The van der Waals surface area contributed by atoms with Crippen molar-refractivity contribution in [3.8, 4) is 0 Å². The first kappa shape index (κ1) is 18.1. The van der Waals surface area contributed by atoms with Crippen molar-refractivity contribution in [3.63, 3.8) is 0 Å². The van der Waals surface area contributed by atoms with Gasteiger partial charge < -0.3 is 35.0 Å². The summed E-state index contributed by atoms with van der Waals surface area (Å²) in [5.74, 6) is -0.882. The summed E-state index contributed by atoms with van der Waals surface area (Å²) in [6, 6.07) is 0. The van der Waals surface area contributed by atoms with E-state index in [0.717, 1.165) is 0 Å². The van der Waals surface area contributed by atoms with Crippen LogP contribution in [-0.4, -0.2) is 78.6 Å². The van der Waals surface area contributed by atoms with Crippen molar-refractivity contribution in [2.75, 3.05) is 6.61 Å². The third-order valence-corrected chi connectivity index (χ3v) is 3.18. The van der Waals surface area contributed by atoms with Crippen LogP contribution in [0.5, 0.6) is 0 Å². The van der Waals surface area contributed by atoms with Crippen LogP contribution in [-0.2, 0) is 9.47 Å². The average molecular weight is 355 g/mol. The summed E-state index contributed by atoms with van der Waals surface area (Å²) in [7, 11) is 0.